The smallest absolute Gasteiger partial charge is 0.268 e. The number of phosphoric ester groups is 1. The second kappa shape index (κ2) is 61.0. The number of aliphatic hydroxyl groups is 1. The van der Waals surface area contributed by atoms with Crippen molar-refractivity contribution < 1.29 is 32.9 Å². The van der Waals surface area contributed by atoms with Gasteiger partial charge in [-0.3, -0.25) is 9.36 Å². The predicted molar refractivity (Wildman–Crippen MR) is 352 cm³/mol. The normalized spacial score (nSPS) is 14.7. The molecular formula is C72H123N2O6P. The molecule has 2 N–H and O–H groups in total. The number of carbonyl (C=O) groups is 1. The van der Waals surface area contributed by atoms with Crippen LogP contribution in [0.4, 0.5) is 0 Å². The first-order chi connectivity index (χ1) is 39.5. The van der Waals surface area contributed by atoms with Crippen LogP contribution in [0.1, 0.15) is 251 Å². The van der Waals surface area contributed by atoms with Crippen LogP contribution >= 0.6 is 7.82 Å². The van der Waals surface area contributed by atoms with Crippen LogP contribution in [0.25, 0.3) is 0 Å². The van der Waals surface area contributed by atoms with E-state index in [1.54, 1.807) is 6.08 Å². The van der Waals surface area contributed by atoms with Crippen molar-refractivity contribution in [3.05, 3.63) is 146 Å². The number of carbonyl (C=O) groups excluding carboxylic acids is 1. The van der Waals surface area contributed by atoms with E-state index in [0.717, 1.165) is 128 Å². The highest BCUT2D eigenvalue weighted by Crippen LogP contribution is 2.38. The first kappa shape index (κ1) is 77.4. The highest BCUT2D eigenvalue weighted by atomic mass is 31.2. The van der Waals surface area contributed by atoms with Gasteiger partial charge in [-0.05, 0) is 103 Å². The fourth-order valence-corrected chi connectivity index (χ4v) is 9.47. The van der Waals surface area contributed by atoms with Crippen LogP contribution in [-0.4, -0.2) is 68.5 Å². The third kappa shape index (κ3) is 63.8. The molecule has 0 rings (SSSR count). The Hall–Kier alpha value is -3.62. The summed E-state index contributed by atoms with van der Waals surface area (Å²) in [6.45, 7) is 4.52. The van der Waals surface area contributed by atoms with Gasteiger partial charge in [0.25, 0.3) is 7.82 Å². The van der Waals surface area contributed by atoms with E-state index in [9.17, 15) is 19.4 Å². The average Bonchev–Trinajstić information content (AvgIpc) is 3.43. The zero-order chi connectivity index (χ0) is 59.1. The molecule has 3 unspecified atom stereocenters. The summed E-state index contributed by atoms with van der Waals surface area (Å²) in [4.78, 5) is 25.6. The molecular weight excluding hydrogens is 1020 g/mol. The molecule has 0 saturated heterocycles. The molecule has 0 fully saturated rings. The van der Waals surface area contributed by atoms with Gasteiger partial charge in [-0.25, -0.2) is 0 Å². The number of unbranched alkanes of at least 4 members (excludes halogenated alkanes) is 23. The van der Waals surface area contributed by atoms with Crippen LogP contribution in [0.5, 0.6) is 0 Å². The molecule has 1 amide bonds. The van der Waals surface area contributed by atoms with Crippen molar-refractivity contribution in [1.82, 2.24) is 5.32 Å². The summed E-state index contributed by atoms with van der Waals surface area (Å²) in [5, 5.41) is 13.9. The minimum absolute atomic E-state index is 0.0123. The van der Waals surface area contributed by atoms with Crippen LogP contribution in [0.15, 0.2) is 146 Å². The van der Waals surface area contributed by atoms with Gasteiger partial charge in [0.1, 0.15) is 13.2 Å². The van der Waals surface area contributed by atoms with Crippen LogP contribution in [0.2, 0.25) is 0 Å². The van der Waals surface area contributed by atoms with Crippen molar-refractivity contribution in [2.24, 2.45) is 0 Å². The van der Waals surface area contributed by atoms with Crippen molar-refractivity contribution >= 4 is 13.7 Å². The molecule has 462 valence electrons. The maximum absolute atomic E-state index is 13.0. The van der Waals surface area contributed by atoms with Gasteiger partial charge in [0.2, 0.25) is 5.91 Å². The molecule has 9 heteroatoms. The number of rotatable bonds is 58. The summed E-state index contributed by atoms with van der Waals surface area (Å²) in [6.07, 6.45) is 93.7. The standard InChI is InChI=1S/C72H123N2O6P/c1-6-8-10-12-14-16-18-20-22-24-26-28-29-30-31-32-33-34-35-36-37-38-39-40-41-42-43-44-45-46-48-50-52-54-56-58-60-62-64-66-72(76)73-70(69-80-81(77,78)79-68-67-74(3,4)5)71(75)65-63-61-59-57-55-53-51-49-47-27-25-23-21-19-17-15-13-11-9-7-2/h8,10,14,16,20,22,26,28,30-31,33-34,36-37,39-40,42-43,45-46,50,52,63,65,70-71,75H,6-7,9,11-13,15,17-19,21,23-25,27,29,32,35,38,41,44,47-49,51,53-62,64,66-69H2,1-5H3,(H-,73,76,77,78)/b10-8-,16-14-,22-20-,28-26-,31-30-,34-33-,37-36-,40-39-,43-42-,46-45-,52-50-,65-63+. The van der Waals surface area contributed by atoms with Crippen LogP contribution in [0, 0.1) is 0 Å². The summed E-state index contributed by atoms with van der Waals surface area (Å²) in [6, 6.07) is -0.909. The molecule has 0 aliphatic carbocycles. The minimum atomic E-state index is -4.62. The van der Waals surface area contributed by atoms with Crippen molar-refractivity contribution in [2.45, 2.75) is 264 Å². The Bertz CT molecular complexity index is 1830. The second-order valence-corrected chi connectivity index (χ2v) is 24.1. The van der Waals surface area contributed by atoms with E-state index in [1.807, 2.05) is 27.2 Å². The van der Waals surface area contributed by atoms with Crippen molar-refractivity contribution in [1.29, 1.82) is 0 Å². The number of nitrogens with one attached hydrogen (secondary N) is 1. The number of phosphoric acid groups is 1. The van der Waals surface area contributed by atoms with E-state index < -0.39 is 26.6 Å². The number of hydrogen-bond donors (Lipinski definition) is 2. The number of likely N-dealkylation sites (N-methyl/N-ethyl adjacent to an activating group) is 1. The third-order valence-electron chi connectivity index (χ3n) is 13.8. The van der Waals surface area contributed by atoms with Gasteiger partial charge in [-0.15, -0.1) is 0 Å². The van der Waals surface area contributed by atoms with E-state index >= 15 is 0 Å². The molecule has 0 aromatic heterocycles. The van der Waals surface area contributed by atoms with Gasteiger partial charge in [0.05, 0.1) is 39.9 Å². The van der Waals surface area contributed by atoms with E-state index in [2.05, 4.69) is 153 Å². The monoisotopic (exact) mass is 1140 g/mol. The minimum Gasteiger partial charge on any atom is -0.756 e. The quantitative estimate of drug-likeness (QED) is 0.0272. The lowest BCUT2D eigenvalue weighted by atomic mass is 10.0. The Balaban J connectivity index is 4.22. The number of allylic oxidation sites excluding steroid dienone is 23. The summed E-state index contributed by atoms with van der Waals surface area (Å²) in [7, 11) is 1.23. The largest absolute Gasteiger partial charge is 0.756 e. The molecule has 0 bridgehead atoms. The molecule has 0 radical (unpaired) electrons. The maximum Gasteiger partial charge on any atom is 0.268 e. The number of hydrogen-bond acceptors (Lipinski definition) is 6. The fraction of sp³-hybridized carbons (Fsp3) is 0.653. The summed E-state index contributed by atoms with van der Waals surface area (Å²) in [5.74, 6) is -0.220. The van der Waals surface area contributed by atoms with Crippen LogP contribution < -0.4 is 10.2 Å². The summed E-state index contributed by atoms with van der Waals surface area (Å²) in [5.41, 5.74) is 0. The van der Waals surface area contributed by atoms with Crippen LogP contribution in [0.3, 0.4) is 0 Å². The first-order valence-corrected chi connectivity index (χ1v) is 34.2. The molecule has 0 aliphatic rings. The zero-order valence-electron chi connectivity index (χ0n) is 52.7. The van der Waals surface area contributed by atoms with Crippen LogP contribution in [-0.2, 0) is 18.4 Å². The van der Waals surface area contributed by atoms with Gasteiger partial charge < -0.3 is 28.8 Å². The van der Waals surface area contributed by atoms with E-state index in [0.29, 0.717) is 17.4 Å². The van der Waals surface area contributed by atoms with Gasteiger partial charge in [0.15, 0.2) is 0 Å². The lowest BCUT2D eigenvalue weighted by Gasteiger charge is -2.29. The first-order valence-electron chi connectivity index (χ1n) is 32.7. The van der Waals surface area contributed by atoms with Gasteiger partial charge in [-0.2, -0.15) is 0 Å². The highest BCUT2D eigenvalue weighted by molar-refractivity contribution is 7.45. The predicted octanol–water partition coefficient (Wildman–Crippen LogP) is 20.2. The molecule has 0 aliphatic heterocycles. The molecule has 8 nitrogen and oxygen atoms in total. The highest BCUT2D eigenvalue weighted by Gasteiger charge is 2.23. The van der Waals surface area contributed by atoms with E-state index in [-0.39, 0.29) is 12.5 Å². The molecule has 0 spiro atoms. The molecule has 3 atom stereocenters. The molecule has 0 heterocycles. The molecule has 0 aromatic rings. The third-order valence-corrected chi connectivity index (χ3v) is 14.8. The van der Waals surface area contributed by atoms with Crippen molar-refractivity contribution in [3.63, 3.8) is 0 Å². The fourth-order valence-electron chi connectivity index (χ4n) is 8.75. The average molecular weight is 1140 g/mol. The van der Waals surface area contributed by atoms with Gasteiger partial charge >= 0.3 is 0 Å². The number of aliphatic hydroxyl groups excluding tert-OH is 1. The van der Waals surface area contributed by atoms with Crippen molar-refractivity contribution in [2.75, 3.05) is 40.9 Å². The lowest BCUT2D eigenvalue weighted by Crippen LogP contribution is -2.45. The number of nitrogens with zero attached hydrogens (tertiary/aromatic N) is 1. The molecule has 81 heavy (non-hydrogen) atoms. The number of amides is 1. The molecule has 0 aromatic carbocycles. The maximum atomic E-state index is 13.0. The van der Waals surface area contributed by atoms with E-state index in [1.165, 1.54) is 103 Å². The van der Waals surface area contributed by atoms with Crippen molar-refractivity contribution in [3.8, 4) is 0 Å². The Morgan fingerprint density at radius 1 is 0.444 bits per heavy atom. The SMILES string of the molecule is CC/C=C\C/C=C\C/C=C\C/C=C\C/C=C\C/C=C\C/C=C\C/C=C\C/C=C\C/C=C\C/C=C\CCCCCCCC(=O)NC(COP(=O)([O-])OCC[N+](C)(C)C)C(O)/C=C/CCCCCCCCCCCCCCCCCCCC. The topological polar surface area (TPSA) is 108 Å². The second-order valence-electron chi connectivity index (χ2n) is 22.7. The van der Waals surface area contributed by atoms with E-state index in [4.69, 9.17) is 9.05 Å². The Morgan fingerprint density at radius 3 is 1.10 bits per heavy atom. The van der Waals surface area contributed by atoms with Gasteiger partial charge in [-0.1, -0.05) is 288 Å². The Morgan fingerprint density at radius 2 is 0.753 bits per heavy atom. The molecule has 0 saturated carbocycles. The zero-order valence-corrected chi connectivity index (χ0v) is 53.6. The summed E-state index contributed by atoms with van der Waals surface area (Å²) >= 11 is 0. The lowest BCUT2D eigenvalue weighted by molar-refractivity contribution is -0.870. The Labute approximate surface area is 499 Å². The Kier molecular flexibility index (Phi) is 58.2. The number of quaternary nitrogens is 1. The van der Waals surface area contributed by atoms with Gasteiger partial charge in [0, 0.05) is 6.42 Å². The summed E-state index contributed by atoms with van der Waals surface area (Å²) < 4.78 is 23.4.